The third-order valence-corrected chi connectivity index (χ3v) is 5.73. The zero-order valence-corrected chi connectivity index (χ0v) is 15.1. The number of carbonyl (C=O) groups is 2. The van der Waals surface area contributed by atoms with Gasteiger partial charge in [-0.2, -0.15) is 0 Å². The number of hydrogen-bond acceptors (Lipinski definition) is 4. The molecule has 2 aromatic rings. The summed E-state index contributed by atoms with van der Waals surface area (Å²) in [6, 6.07) is 8.52. The van der Waals surface area contributed by atoms with Crippen LogP contribution in [0.3, 0.4) is 0 Å². The number of halogens is 2. The highest BCUT2D eigenvalue weighted by atomic mass is 35.5. The summed E-state index contributed by atoms with van der Waals surface area (Å²) in [6.07, 6.45) is 2.48. The van der Waals surface area contributed by atoms with E-state index in [-0.39, 0.29) is 28.0 Å². The van der Waals surface area contributed by atoms with Gasteiger partial charge in [0.2, 0.25) is 11.8 Å². The topological polar surface area (TPSA) is 75.6 Å². The Morgan fingerprint density at radius 3 is 2.67 bits per heavy atom. The maximum atomic E-state index is 14.9. The molecular formula is C20H17ClFNO4. The molecule has 0 aromatic heterocycles. The minimum Gasteiger partial charge on any atom is -0.508 e. The fraction of sp³-hybridized carbons (Fsp3) is 0.300. The third kappa shape index (κ3) is 2.84. The number of hydrogen-bond donors (Lipinski definition) is 2. The average molecular weight is 390 g/mol. The number of rotatable bonds is 3. The van der Waals surface area contributed by atoms with E-state index in [0.29, 0.717) is 18.6 Å². The number of benzene rings is 2. The van der Waals surface area contributed by atoms with Gasteiger partial charge < -0.3 is 9.84 Å². The van der Waals surface area contributed by atoms with E-state index >= 15 is 0 Å². The number of phenols is 1. The summed E-state index contributed by atoms with van der Waals surface area (Å²) in [4.78, 5) is 24.9. The molecule has 0 bridgehead atoms. The van der Waals surface area contributed by atoms with Crippen LogP contribution in [0.25, 0.3) is 0 Å². The molecule has 5 nitrogen and oxygen atoms in total. The Morgan fingerprint density at radius 2 is 1.93 bits per heavy atom. The van der Waals surface area contributed by atoms with E-state index in [1.807, 2.05) is 0 Å². The van der Waals surface area contributed by atoms with Crippen molar-refractivity contribution in [3.63, 3.8) is 0 Å². The quantitative estimate of drug-likeness (QED) is 0.776. The van der Waals surface area contributed by atoms with Gasteiger partial charge in [0.05, 0.1) is 16.4 Å². The molecule has 1 saturated carbocycles. The van der Waals surface area contributed by atoms with Crippen LogP contribution in [0.15, 0.2) is 36.4 Å². The van der Waals surface area contributed by atoms with Crippen LogP contribution in [0.4, 0.5) is 4.39 Å². The molecule has 0 spiro atoms. The van der Waals surface area contributed by atoms with Crippen LogP contribution in [0, 0.1) is 11.7 Å². The molecule has 2 N–H and O–H groups in total. The molecule has 0 radical (unpaired) electrons. The lowest BCUT2D eigenvalue weighted by Gasteiger charge is -2.36. The Balaban J connectivity index is 1.80. The number of fused-ring (bicyclic) bond motifs is 1. The lowest BCUT2D eigenvalue weighted by atomic mass is 9.63. The molecule has 2 atom stereocenters. The number of ether oxygens (including phenoxy) is 1. The highest BCUT2D eigenvalue weighted by Gasteiger charge is 2.58. The Kier molecular flexibility index (Phi) is 4.30. The fourth-order valence-corrected chi connectivity index (χ4v) is 4.33. The zero-order chi connectivity index (χ0) is 19.2. The van der Waals surface area contributed by atoms with E-state index in [0.717, 1.165) is 18.9 Å². The third-order valence-electron chi connectivity index (χ3n) is 5.43. The molecule has 1 aliphatic heterocycles. The van der Waals surface area contributed by atoms with Crippen LogP contribution in [-0.4, -0.2) is 16.9 Å². The Hall–Kier alpha value is -2.60. The largest absolute Gasteiger partial charge is 0.508 e. The van der Waals surface area contributed by atoms with Gasteiger partial charge in [-0.3, -0.25) is 14.9 Å². The summed E-state index contributed by atoms with van der Waals surface area (Å²) in [5.41, 5.74) is -1.09. The first-order valence-electron chi connectivity index (χ1n) is 8.73. The first kappa shape index (κ1) is 17.8. The van der Waals surface area contributed by atoms with Crippen molar-refractivity contribution in [2.45, 2.75) is 31.1 Å². The van der Waals surface area contributed by atoms with Gasteiger partial charge in [-0.15, -0.1) is 0 Å². The van der Waals surface area contributed by atoms with Gasteiger partial charge in [0, 0.05) is 5.56 Å². The molecule has 2 amide bonds. The average Bonchev–Trinajstić information content (AvgIpc) is 2.90. The molecule has 1 aliphatic carbocycles. The molecule has 2 aliphatic rings. The van der Waals surface area contributed by atoms with Gasteiger partial charge in [-0.1, -0.05) is 24.4 Å². The van der Waals surface area contributed by atoms with Crippen LogP contribution in [0.5, 0.6) is 17.2 Å². The lowest BCUT2D eigenvalue weighted by Crippen LogP contribution is -2.42. The van der Waals surface area contributed by atoms with Crippen LogP contribution in [0.2, 0.25) is 5.02 Å². The molecule has 7 heteroatoms. The van der Waals surface area contributed by atoms with Gasteiger partial charge in [0.1, 0.15) is 23.1 Å². The second-order valence-corrected chi connectivity index (χ2v) is 7.35. The van der Waals surface area contributed by atoms with Crippen molar-refractivity contribution < 1.29 is 23.8 Å². The molecular weight excluding hydrogens is 373 g/mol. The van der Waals surface area contributed by atoms with Gasteiger partial charge in [-0.25, -0.2) is 4.39 Å². The van der Waals surface area contributed by atoms with E-state index in [1.165, 1.54) is 18.2 Å². The van der Waals surface area contributed by atoms with Crippen LogP contribution < -0.4 is 10.1 Å². The minimum atomic E-state index is -1.23. The number of nitrogens with one attached hydrogen (secondary N) is 1. The summed E-state index contributed by atoms with van der Waals surface area (Å²) in [5, 5.41) is 11.8. The predicted octanol–water partition coefficient (Wildman–Crippen LogP) is 4.06. The molecule has 140 valence electrons. The highest BCUT2D eigenvalue weighted by Crippen LogP contribution is 2.49. The molecule has 2 aromatic carbocycles. The highest BCUT2D eigenvalue weighted by molar-refractivity contribution is 6.32. The Bertz CT molecular complexity index is 930. The molecule has 1 saturated heterocycles. The summed E-state index contributed by atoms with van der Waals surface area (Å²) >= 11 is 6.15. The molecule has 4 rings (SSSR count). The van der Waals surface area contributed by atoms with Crippen molar-refractivity contribution in [3.8, 4) is 17.2 Å². The van der Waals surface area contributed by atoms with Gasteiger partial charge in [0.15, 0.2) is 0 Å². The van der Waals surface area contributed by atoms with Crippen molar-refractivity contribution in [3.05, 3.63) is 52.8 Å². The van der Waals surface area contributed by atoms with Crippen LogP contribution in [0.1, 0.15) is 31.2 Å². The Labute approximate surface area is 160 Å². The molecule has 2 unspecified atom stereocenters. The van der Waals surface area contributed by atoms with Crippen LogP contribution in [-0.2, 0) is 15.0 Å². The molecule has 2 fully saturated rings. The van der Waals surface area contributed by atoms with Crippen molar-refractivity contribution in [2.24, 2.45) is 5.92 Å². The zero-order valence-electron chi connectivity index (χ0n) is 14.3. The first-order chi connectivity index (χ1) is 12.9. The van der Waals surface area contributed by atoms with E-state index in [4.69, 9.17) is 16.3 Å². The first-order valence-corrected chi connectivity index (χ1v) is 9.11. The van der Waals surface area contributed by atoms with Crippen molar-refractivity contribution >= 4 is 23.4 Å². The SMILES string of the molecule is O=C1NC(=O)C2(c3cc(Oc4ccc(O)cc4)c(Cl)cc3F)CCCCC12. The predicted molar refractivity (Wildman–Crippen MR) is 96.4 cm³/mol. The molecule has 1 heterocycles. The van der Waals surface area contributed by atoms with Crippen molar-refractivity contribution in [1.82, 2.24) is 5.32 Å². The summed E-state index contributed by atoms with van der Waals surface area (Å²) < 4.78 is 20.6. The maximum Gasteiger partial charge on any atom is 0.238 e. The van der Waals surface area contributed by atoms with Gasteiger partial charge >= 0.3 is 0 Å². The second kappa shape index (κ2) is 6.53. The number of carbonyl (C=O) groups excluding carboxylic acids is 2. The Morgan fingerprint density at radius 1 is 1.19 bits per heavy atom. The number of amides is 2. The number of phenolic OH excluding ortho intramolecular Hbond substituents is 1. The monoisotopic (exact) mass is 389 g/mol. The lowest BCUT2D eigenvalue weighted by molar-refractivity contribution is -0.126. The summed E-state index contributed by atoms with van der Waals surface area (Å²) in [7, 11) is 0. The van der Waals surface area contributed by atoms with Crippen LogP contribution >= 0.6 is 11.6 Å². The van der Waals surface area contributed by atoms with E-state index in [1.54, 1.807) is 12.1 Å². The summed E-state index contributed by atoms with van der Waals surface area (Å²) in [6.45, 7) is 0. The van der Waals surface area contributed by atoms with Gasteiger partial charge in [-0.05, 0) is 49.2 Å². The van der Waals surface area contributed by atoms with E-state index in [2.05, 4.69) is 5.32 Å². The van der Waals surface area contributed by atoms with Crippen molar-refractivity contribution in [2.75, 3.05) is 0 Å². The smallest absolute Gasteiger partial charge is 0.238 e. The van der Waals surface area contributed by atoms with E-state index < -0.39 is 23.1 Å². The van der Waals surface area contributed by atoms with Crippen molar-refractivity contribution in [1.29, 1.82) is 0 Å². The number of aromatic hydroxyl groups is 1. The van der Waals surface area contributed by atoms with Gasteiger partial charge in [0.25, 0.3) is 0 Å². The summed E-state index contributed by atoms with van der Waals surface area (Å²) in [5.74, 6) is -1.37. The normalized spacial score (nSPS) is 24.4. The maximum absolute atomic E-state index is 14.9. The molecule has 27 heavy (non-hydrogen) atoms. The fourth-order valence-electron chi connectivity index (χ4n) is 4.15. The number of imide groups is 1. The standard InChI is InChI=1S/C20H17ClFNO4/c21-15-10-16(22)14(9-17(15)27-12-6-4-11(24)5-7-12)20-8-2-1-3-13(20)18(25)23-19(20)26/h4-7,9-10,13,24H,1-3,8H2,(H,23,25,26). The second-order valence-electron chi connectivity index (χ2n) is 6.95. The van der Waals surface area contributed by atoms with E-state index in [9.17, 15) is 19.1 Å². The minimum absolute atomic E-state index is 0.0535.